The van der Waals surface area contributed by atoms with Crippen molar-refractivity contribution in [2.24, 2.45) is 0 Å². The van der Waals surface area contributed by atoms with Crippen LogP contribution in [-0.2, 0) is 9.47 Å². The molecule has 2 heterocycles. The third-order valence-corrected chi connectivity index (χ3v) is 4.12. The number of halogens is 1. The number of hydrogen-bond donors (Lipinski definition) is 0. The van der Waals surface area contributed by atoms with Gasteiger partial charge in [0.2, 0.25) is 11.5 Å². The Bertz CT molecular complexity index is 774. The van der Waals surface area contributed by atoms with Crippen LogP contribution in [0, 0.1) is 0 Å². The molecule has 0 aromatic carbocycles. The maximum absolute atomic E-state index is 12.6. The monoisotopic (exact) mass is 426 g/mol. The minimum atomic E-state index is -0.638. The Labute approximate surface area is 160 Å². The van der Waals surface area contributed by atoms with Crippen molar-refractivity contribution in [3.05, 3.63) is 22.5 Å². The Morgan fingerprint density at radius 2 is 1.92 bits per heavy atom. The number of furan rings is 1. The number of anilines is 1. The van der Waals surface area contributed by atoms with E-state index in [-0.39, 0.29) is 24.7 Å². The lowest BCUT2D eigenvalue weighted by Gasteiger charge is -2.21. The van der Waals surface area contributed by atoms with E-state index in [2.05, 4.69) is 27.8 Å². The summed E-state index contributed by atoms with van der Waals surface area (Å²) in [7, 11) is 0. The summed E-state index contributed by atoms with van der Waals surface area (Å²) in [5, 5.41) is 0.548. The molecule has 0 aliphatic heterocycles. The van der Waals surface area contributed by atoms with Gasteiger partial charge in [-0.05, 0) is 42.3 Å². The second kappa shape index (κ2) is 9.56. The van der Waals surface area contributed by atoms with Crippen LogP contribution >= 0.6 is 15.9 Å². The number of hydrogen-bond acceptors (Lipinski definition) is 6. The smallest absolute Gasteiger partial charge is 0.414 e. The quantitative estimate of drug-likeness (QED) is 0.439. The highest BCUT2D eigenvalue weighted by atomic mass is 79.9. The van der Waals surface area contributed by atoms with Gasteiger partial charge in [-0.1, -0.05) is 19.8 Å². The van der Waals surface area contributed by atoms with E-state index >= 15 is 0 Å². The maximum Gasteiger partial charge on any atom is 0.414 e. The molecule has 0 unspecified atom stereocenters. The number of esters is 1. The van der Waals surface area contributed by atoms with Crippen molar-refractivity contribution >= 4 is 44.8 Å². The van der Waals surface area contributed by atoms with E-state index in [0.29, 0.717) is 22.1 Å². The van der Waals surface area contributed by atoms with Crippen LogP contribution < -0.4 is 4.90 Å². The summed E-state index contributed by atoms with van der Waals surface area (Å²) in [6.07, 6.45) is 3.75. The van der Waals surface area contributed by atoms with E-state index in [1.165, 1.54) is 4.90 Å². The fourth-order valence-electron chi connectivity index (χ4n) is 2.56. The number of pyridine rings is 1. The normalized spacial score (nSPS) is 10.8. The number of aromatic nitrogens is 1. The predicted molar refractivity (Wildman–Crippen MR) is 102 cm³/mol. The number of carbonyl (C=O) groups excluding carboxylic acids is 2. The van der Waals surface area contributed by atoms with Gasteiger partial charge in [-0.3, -0.25) is 4.90 Å². The van der Waals surface area contributed by atoms with Crippen LogP contribution in [0.2, 0.25) is 0 Å². The molecule has 0 saturated heterocycles. The molecular weight excluding hydrogens is 404 g/mol. The minimum absolute atomic E-state index is 0.0444. The lowest BCUT2D eigenvalue weighted by atomic mass is 10.2. The van der Waals surface area contributed by atoms with Crippen LogP contribution in [0.1, 0.15) is 50.6 Å². The Morgan fingerprint density at radius 3 is 2.58 bits per heavy atom. The third kappa shape index (κ3) is 4.55. The summed E-state index contributed by atoms with van der Waals surface area (Å²) < 4.78 is 16.6. The second-order valence-electron chi connectivity index (χ2n) is 5.56. The summed E-state index contributed by atoms with van der Waals surface area (Å²) in [6, 6.07) is 1.76. The molecule has 0 bridgehead atoms. The largest absolute Gasteiger partial charge is 0.460 e. The zero-order valence-electron chi connectivity index (χ0n) is 15.2. The lowest BCUT2D eigenvalue weighted by molar-refractivity contribution is 0.0493. The molecule has 142 valence electrons. The standard InChI is InChI=1S/C18H23BrN2O5/c1-4-7-8-9-21(18(23)25-6-3)14-13-10-12(19)11-20-16(13)26-15(14)17(22)24-5-2/h10-11H,4-9H2,1-3H3. The first kappa shape index (κ1) is 20.2. The molecule has 8 heteroatoms. The molecule has 0 atom stereocenters. The predicted octanol–water partition coefficient (Wildman–Crippen LogP) is 4.92. The first-order valence-electron chi connectivity index (χ1n) is 8.72. The van der Waals surface area contributed by atoms with Gasteiger partial charge in [-0.2, -0.15) is 0 Å². The zero-order chi connectivity index (χ0) is 19.1. The highest BCUT2D eigenvalue weighted by Gasteiger charge is 2.30. The molecule has 2 aromatic heterocycles. The minimum Gasteiger partial charge on any atom is -0.460 e. The molecule has 2 rings (SSSR count). The first-order valence-corrected chi connectivity index (χ1v) is 9.52. The third-order valence-electron chi connectivity index (χ3n) is 3.69. The van der Waals surface area contributed by atoms with Crippen molar-refractivity contribution in [2.75, 3.05) is 24.7 Å². The summed E-state index contributed by atoms with van der Waals surface area (Å²) in [5.74, 6) is -0.682. The van der Waals surface area contributed by atoms with Gasteiger partial charge in [0.1, 0.15) is 5.69 Å². The van der Waals surface area contributed by atoms with Gasteiger partial charge in [-0.15, -0.1) is 0 Å². The molecular formula is C18H23BrN2O5. The topological polar surface area (TPSA) is 81.9 Å². The molecule has 0 saturated carbocycles. The zero-order valence-corrected chi connectivity index (χ0v) is 16.8. The van der Waals surface area contributed by atoms with Gasteiger partial charge >= 0.3 is 12.1 Å². The Hall–Kier alpha value is -2.09. The lowest BCUT2D eigenvalue weighted by Crippen LogP contribution is -2.33. The van der Waals surface area contributed by atoms with Crippen molar-refractivity contribution in [2.45, 2.75) is 40.0 Å². The van der Waals surface area contributed by atoms with E-state index in [9.17, 15) is 9.59 Å². The number of rotatable bonds is 8. The Balaban J connectivity index is 2.58. The number of fused-ring (bicyclic) bond motifs is 1. The van der Waals surface area contributed by atoms with Gasteiger partial charge in [0.05, 0.1) is 18.6 Å². The Morgan fingerprint density at radius 1 is 1.19 bits per heavy atom. The summed E-state index contributed by atoms with van der Waals surface area (Å²) >= 11 is 3.37. The Kier molecular flexibility index (Phi) is 7.44. The number of amides is 1. The molecule has 1 amide bonds. The van der Waals surface area contributed by atoms with Crippen molar-refractivity contribution in [1.82, 2.24) is 4.98 Å². The molecule has 26 heavy (non-hydrogen) atoms. The fourth-order valence-corrected chi connectivity index (χ4v) is 2.89. The highest BCUT2D eigenvalue weighted by Crippen LogP contribution is 2.35. The number of ether oxygens (including phenoxy) is 2. The first-order chi connectivity index (χ1) is 12.5. The second-order valence-corrected chi connectivity index (χ2v) is 6.48. The molecule has 0 aliphatic carbocycles. The van der Waals surface area contributed by atoms with Gasteiger partial charge in [0.25, 0.3) is 0 Å². The van der Waals surface area contributed by atoms with E-state index in [1.807, 2.05) is 0 Å². The number of carbonyl (C=O) groups is 2. The molecule has 7 nitrogen and oxygen atoms in total. The van der Waals surface area contributed by atoms with Crippen molar-refractivity contribution < 1.29 is 23.5 Å². The van der Waals surface area contributed by atoms with Crippen LogP contribution in [-0.4, -0.2) is 36.8 Å². The average Bonchev–Trinajstić information content (AvgIpc) is 2.97. The molecule has 0 fully saturated rings. The van der Waals surface area contributed by atoms with Crippen molar-refractivity contribution in [3.8, 4) is 0 Å². The maximum atomic E-state index is 12.6. The number of unbranched alkanes of at least 4 members (excludes halogenated alkanes) is 2. The number of nitrogens with zero attached hydrogens (tertiary/aromatic N) is 2. The van der Waals surface area contributed by atoms with Gasteiger partial charge < -0.3 is 13.9 Å². The molecule has 0 N–H and O–H groups in total. The molecule has 0 aliphatic rings. The van der Waals surface area contributed by atoms with Crippen molar-refractivity contribution in [3.63, 3.8) is 0 Å². The van der Waals surface area contributed by atoms with Crippen LogP contribution in [0.15, 0.2) is 21.2 Å². The molecule has 0 radical (unpaired) electrons. The van der Waals surface area contributed by atoms with Crippen LogP contribution in [0.25, 0.3) is 11.1 Å². The van der Waals surface area contributed by atoms with Gasteiger partial charge in [0.15, 0.2) is 0 Å². The highest BCUT2D eigenvalue weighted by molar-refractivity contribution is 9.10. The SMILES string of the molecule is CCCCCN(C(=O)OCC)c1c(C(=O)OCC)oc2ncc(Br)cc12. The van der Waals surface area contributed by atoms with E-state index in [0.717, 1.165) is 19.3 Å². The van der Waals surface area contributed by atoms with Gasteiger partial charge in [-0.25, -0.2) is 14.6 Å². The summed E-state index contributed by atoms with van der Waals surface area (Å²) in [4.78, 5) is 30.6. The van der Waals surface area contributed by atoms with E-state index in [1.54, 1.807) is 26.1 Å². The molecule has 0 spiro atoms. The van der Waals surface area contributed by atoms with Crippen LogP contribution in [0.5, 0.6) is 0 Å². The average molecular weight is 427 g/mol. The van der Waals surface area contributed by atoms with Crippen LogP contribution in [0.4, 0.5) is 10.5 Å². The van der Waals surface area contributed by atoms with Crippen molar-refractivity contribution in [1.29, 1.82) is 0 Å². The summed E-state index contributed by atoms with van der Waals surface area (Å²) in [6.45, 7) is 6.35. The molecule has 2 aromatic rings. The van der Waals surface area contributed by atoms with Gasteiger partial charge in [0, 0.05) is 17.2 Å². The van der Waals surface area contributed by atoms with Crippen LogP contribution in [0.3, 0.4) is 0 Å². The van der Waals surface area contributed by atoms with E-state index < -0.39 is 12.1 Å². The summed E-state index contributed by atoms with van der Waals surface area (Å²) in [5.41, 5.74) is 0.595. The van der Waals surface area contributed by atoms with E-state index in [4.69, 9.17) is 13.9 Å². The fraction of sp³-hybridized carbons (Fsp3) is 0.500.